The van der Waals surface area contributed by atoms with Gasteiger partial charge in [-0.2, -0.15) is 5.10 Å². The molecule has 6 aromatic rings. The maximum atomic E-state index is 6.29. The summed E-state index contributed by atoms with van der Waals surface area (Å²) in [5.41, 5.74) is 8.25. The lowest BCUT2D eigenvalue weighted by molar-refractivity contribution is 0.306. The van der Waals surface area contributed by atoms with E-state index in [0.717, 1.165) is 55.4 Å². The molecule has 0 fully saturated rings. The fraction of sp³-hybridized carbons (Fsp3) is 0.207. The summed E-state index contributed by atoms with van der Waals surface area (Å²) in [6.07, 6.45) is 5.46. The van der Waals surface area contributed by atoms with Crippen molar-refractivity contribution in [2.24, 2.45) is 7.05 Å². The first-order chi connectivity index (χ1) is 19.4. The van der Waals surface area contributed by atoms with E-state index in [0.29, 0.717) is 29.8 Å². The summed E-state index contributed by atoms with van der Waals surface area (Å²) >= 11 is 6.29. The van der Waals surface area contributed by atoms with Crippen LogP contribution in [0.3, 0.4) is 0 Å². The minimum Gasteiger partial charge on any atom is -0.489 e. The number of benzene rings is 2. The molecule has 0 unspecified atom stereocenters. The number of nitrogens with zero attached hydrogens (tertiary/aromatic N) is 7. The Bertz CT molecular complexity index is 1880. The highest BCUT2D eigenvalue weighted by molar-refractivity contribution is 6.32. The second kappa shape index (κ2) is 9.20. The molecule has 0 amide bonds. The van der Waals surface area contributed by atoms with Crippen molar-refractivity contribution < 1.29 is 9.47 Å². The van der Waals surface area contributed by atoms with Crippen LogP contribution in [0, 0.1) is 20.8 Å². The number of fused-ring (bicyclic) bond motifs is 4. The second-order valence-corrected chi connectivity index (χ2v) is 10.5. The smallest absolute Gasteiger partial charge is 0.244 e. The molecule has 0 saturated heterocycles. The highest BCUT2D eigenvalue weighted by atomic mass is 35.5. The predicted octanol–water partition coefficient (Wildman–Crippen LogP) is 5.69. The van der Waals surface area contributed by atoms with Gasteiger partial charge in [-0.25, -0.2) is 14.5 Å². The van der Waals surface area contributed by atoms with E-state index in [9.17, 15) is 0 Å². The third-order valence-electron chi connectivity index (χ3n) is 7.20. The van der Waals surface area contributed by atoms with Gasteiger partial charge in [0.15, 0.2) is 11.5 Å². The van der Waals surface area contributed by atoms with Gasteiger partial charge in [0.25, 0.3) is 0 Å². The van der Waals surface area contributed by atoms with Gasteiger partial charge in [0.2, 0.25) is 11.8 Å². The van der Waals surface area contributed by atoms with Crippen LogP contribution in [0.2, 0.25) is 5.02 Å². The Morgan fingerprint density at radius 1 is 1.05 bits per heavy atom. The van der Waals surface area contributed by atoms with Gasteiger partial charge in [-0.1, -0.05) is 35.9 Å². The van der Waals surface area contributed by atoms with Gasteiger partial charge in [-0.05, 0) is 49.6 Å². The van der Waals surface area contributed by atoms with Gasteiger partial charge in [0.1, 0.15) is 18.7 Å². The molecular formula is C29H25ClN8O2. The van der Waals surface area contributed by atoms with Crippen LogP contribution in [-0.4, -0.2) is 39.6 Å². The minimum absolute atomic E-state index is 0.209. The highest BCUT2D eigenvalue weighted by Gasteiger charge is 2.37. The van der Waals surface area contributed by atoms with E-state index in [4.69, 9.17) is 31.2 Å². The number of halogens is 1. The molecule has 7 rings (SSSR count). The van der Waals surface area contributed by atoms with Gasteiger partial charge >= 0.3 is 0 Å². The topological polar surface area (TPSA) is 108 Å². The zero-order valence-corrected chi connectivity index (χ0v) is 23.1. The number of aromatic amines is 1. The number of nitrogens with one attached hydrogen (secondary N) is 1. The van der Waals surface area contributed by atoms with E-state index in [1.807, 2.05) is 76.6 Å². The summed E-state index contributed by atoms with van der Waals surface area (Å²) in [6, 6.07) is 11.9. The lowest BCUT2D eigenvalue weighted by atomic mass is 9.86. The summed E-state index contributed by atoms with van der Waals surface area (Å²) in [7, 11) is 1.90. The standard InChI is InChI=1S/C29H25ClN8O2/c1-15-9-21(10-16(2)25(15)30)39-13-18-5-7-19(8-6-18)26-33-27-24-23(20-11-32-37(4)12-20)22-17(3)34-35-29(22)40-28(24)31-14-38(27)36-26/h5-12,14,23H,13H2,1-4H3,(H,34,35)/t23-/m0/s1. The Kier molecular flexibility index (Phi) is 5.60. The fourth-order valence-electron chi connectivity index (χ4n) is 5.21. The molecule has 1 aliphatic rings. The van der Waals surface area contributed by atoms with Crippen molar-refractivity contribution in [3.63, 3.8) is 0 Å². The van der Waals surface area contributed by atoms with Gasteiger partial charge in [0, 0.05) is 40.7 Å². The Hall–Kier alpha value is -4.70. The lowest BCUT2D eigenvalue weighted by Gasteiger charge is -2.24. The summed E-state index contributed by atoms with van der Waals surface area (Å²) in [5, 5.41) is 17.3. The first-order valence-electron chi connectivity index (χ1n) is 12.8. The van der Waals surface area contributed by atoms with E-state index in [2.05, 4.69) is 20.3 Å². The van der Waals surface area contributed by atoms with E-state index in [1.165, 1.54) is 0 Å². The van der Waals surface area contributed by atoms with Gasteiger partial charge in [0.05, 0.1) is 17.7 Å². The molecule has 5 heterocycles. The summed E-state index contributed by atoms with van der Waals surface area (Å²) < 4.78 is 15.6. The molecule has 200 valence electrons. The predicted molar refractivity (Wildman–Crippen MR) is 149 cm³/mol. The molecule has 2 aromatic carbocycles. The second-order valence-electron chi connectivity index (χ2n) is 10.1. The van der Waals surface area contributed by atoms with Crippen LogP contribution in [0.15, 0.2) is 55.1 Å². The first-order valence-corrected chi connectivity index (χ1v) is 13.2. The molecule has 1 atom stereocenters. The number of H-pyrrole nitrogens is 1. The summed E-state index contributed by atoms with van der Waals surface area (Å²) in [5.74, 6) is 2.14. The molecule has 0 bridgehead atoms. The van der Waals surface area contributed by atoms with E-state index >= 15 is 0 Å². The van der Waals surface area contributed by atoms with E-state index in [1.54, 1.807) is 15.5 Å². The zero-order chi connectivity index (χ0) is 27.5. The molecule has 1 aliphatic heterocycles. The van der Waals surface area contributed by atoms with Gasteiger partial charge in [-0.15, -0.1) is 10.2 Å². The van der Waals surface area contributed by atoms with Crippen molar-refractivity contribution in [1.29, 1.82) is 0 Å². The number of hydrogen-bond acceptors (Lipinski definition) is 7. The Morgan fingerprint density at radius 3 is 2.55 bits per heavy atom. The Balaban J connectivity index is 1.22. The number of rotatable bonds is 5. The average molecular weight is 553 g/mol. The third kappa shape index (κ3) is 3.99. The number of aryl methyl sites for hydroxylation is 4. The third-order valence-corrected chi connectivity index (χ3v) is 7.80. The highest BCUT2D eigenvalue weighted by Crippen LogP contribution is 2.48. The fourth-order valence-corrected chi connectivity index (χ4v) is 5.32. The Labute approximate surface area is 234 Å². The summed E-state index contributed by atoms with van der Waals surface area (Å²) in [4.78, 5) is 9.51. The molecule has 10 nitrogen and oxygen atoms in total. The molecule has 40 heavy (non-hydrogen) atoms. The molecule has 0 radical (unpaired) electrons. The normalized spacial score (nSPS) is 14.2. The van der Waals surface area contributed by atoms with E-state index < -0.39 is 0 Å². The molecule has 0 aliphatic carbocycles. The average Bonchev–Trinajstić information content (AvgIpc) is 3.68. The van der Waals surface area contributed by atoms with Crippen LogP contribution in [0.25, 0.3) is 17.0 Å². The molecule has 4 aromatic heterocycles. The number of aromatic nitrogens is 8. The Morgan fingerprint density at radius 2 is 1.82 bits per heavy atom. The van der Waals surface area contributed by atoms with Crippen molar-refractivity contribution in [1.82, 2.24) is 39.6 Å². The quantitative estimate of drug-likeness (QED) is 0.292. The van der Waals surface area contributed by atoms with Crippen molar-refractivity contribution in [3.05, 3.63) is 99.2 Å². The SMILES string of the molecule is Cc1cc(OCc2ccc(-c3nc4c5c(ncn4n3)Oc3n[nH]c(C)c3[C@@H]5c3cnn(C)c3)cc2)cc(C)c1Cl. The van der Waals surface area contributed by atoms with Crippen LogP contribution in [0.4, 0.5) is 0 Å². The largest absolute Gasteiger partial charge is 0.489 e. The number of hydrogen-bond donors (Lipinski definition) is 1. The minimum atomic E-state index is -0.209. The van der Waals surface area contributed by atoms with Crippen LogP contribution < -0.4 is 9.47 Å². The van der Waals surface area contributed by atoms with Crippen molar-refractivity contribution >= 4 is 17.2 Å². The molecule has 0 spiro atoms. The maximum Gasteiger partial charge on any atom is 0.244 e. The lowest BCUT2D eigenvalue weighted by Crippen LogP contribution is -2.14. The monoisotopic (exact) mass is 552 g/mol. The van der Waals surface area contributed by atoms with Crippen molar-refractivity contribution in [3.8, 4) is 28.9 Å². The molecule has 1 N–H and O–H groups in total. The van der Waals surface area contributed by atoms with Crippen molar-refractivity contribution in [2.45, 2.75) is 33.3 Å². The van der Waals surface area contributed by atoms with Crippen LogP contribution in [0.1, 0.15) is 45.0 Å². The van der Waals surface area contributed by atoms with Gasteiger partial charge < -0.3 is 9.47 Å². The van der Waals surface area contributed by atoms with E-state index in [-0.39, 0.29) is 5.92 Å². The van der Waals surface area contributed by atoms with Gasteiger partial charge in [-0.3, -0.25) is 9.78 Å². The zero-order valence-electron chi connectivity index (χ0n) is 22.3. The molecule has 0 saturated carbocycles. The molecule has 11 heteroatoms. The van der Waals surface area contributed by atoms with Crippen LogP contribution in [0.5, 0.6) is 17.5 Å². The van der Waals surface area contributed by atoms with Crippen molar-refractivity contribution in [2.75, 3.05) is 0 Å². The summed E-state index contributed by atoms with van der Waals surface area (Å²) in [6.45, 7) is 6.37. The van der Waals surface area contributed by atoms with Crippen LogP contribution in [-0.2, 0) is 13.7 Å². The first kappa shape index (κ1) is 24.3. The number of ether oxygens (including phenoxy) is 2. The maximum absolute atomic E-state index is 6.29. The molecular weight excluding hydrogens is 528 g/mol. The van der Waals surface area contributed by atoms with Crippen LogP contribution >= 0.6 is 11.6 Å².